The maximum atomic E-state index is 13.1. The highest BCUT2D eigenvalue weighted by Gasteiger charge is 2.13. The molecule has 0 amide bonds. The van der Waals surface area contributed by atoms with Gasteiger partial charge in [0.15, 0.2) is 0 Å². The van der Waals surface area contributed by atoms with Gasteiger partial charge in [0.1, 0.15) is 0 Å². The molecule has 0 aliphatic carbocycles. The minimum Gasteiger partial charge on any atom is -0.492 e. The summed E-state index contributed by atoms with van der Waals surface area (Å²) < 4.78 is 15.5. The number of hydrogen-bond acceptors (Lipinski definition) is 4. The molecule has 0 spiro atoms. The second-order valence-electron chi connectivity index (χ2n) is 3.74. The van der Waals surface area contributed by atoms with Crippen LogP contribution in [0, 0.1) is 5.82 Å². The molecule has 0 saturated carbocycles. The summed E-state index contributed by atoms with van der Waals surface area (Å²) >= 11 is 0. The summed E-state index contributed by atoms with van der Waals surface area (Å²) in [4.78, 5) is 24.1. The number of aryl methyl sites for hydroxylation is 2. The zero-order valence-corrected chi connectivity index (χ0v) is 9.55. The maximum absolute atomic E-state index is 13.1. The lowest BCUT2D eigenvalue weighted by molar-refractivity contribution is 0.359. The van der Waals surface area contributed by atoms with E-state index < -0.39 is 22.9 Å². The summed E-state index contributed by atoms with van der Waals surface area (Å²) in [6.07, 6.45) is 1.96. The highest BCUT2D eigenvalue weighted by atomic mass is 19.1. The summed E-state index contributed by atoms with van der Waals surface area (Å²) in [5, 5.41) is 13.3. The van der Waals surface area contributed by atoms with Gasteiger partial charge in [0.2, 0.25) is 11.7 Å². The standard InChI is InChI=1S/C10H11FN4O3/c1-14-6(2-4-12-14)3-5-15-9(17)7(11)8(16)13-10(15)18/h2,4,17H,3,5H2,1H3,(H,13,16,18). The number of hydrogen-bond donors (Lipinski definition) is 2. The number of aromatic hydroxyl groups is 1. The Hall–Kier alpha value is -2.38. The SMILES string of the molecule is Cn1nccc1CCn1c(O)c(F)c(=O)[nH]c1=O. The minimum atomic E-state index is -1.36. The molecular weight excluding hydrogens is 243 g/mol. The van der Waals surface area contributed by atoms with Gasteiger partial charge in [-0.05, 0) is 6.07 Å². The van der Waals surface area contributed by atoms with Crippen LogP contribution in [0.15, 0.2) is 21.9 Å². The van der Waals surface area contributed by atoms with Crippen LogP contribution in [0.5, 0.6) is 5.88 Å². The van der Waals surface area contributed by atoms with Gasteiger partial charge in [-0.2, -0.15) is 9.49 Å². The van der Waals surface area contributed by atoms with Gasteiger partial charge in [-0.3, -0.25) is 19.0 Å². The van der Waals surface area contributed by atoms with Crippen LogP contribution in [0.25, 0.3) is 0 Å². The van der Waals surface area contributed by atoms with Crippen LogP contribution in [0.2, 0.25) is 0 Å². The number of nitrogens with one attached hydrogen (secondary N) is 1. The fourth-order valence-corrected chi connectivity index (χ4v) is 1.62. The van der Waals surface area contributed by atoms with E-state index in [0.717, 1.165) is 10.3 Å². The van der Waals surface area contributed by atoms with E-state index in [0.29, 0.717) is 6.42 Å². The quantitative estimate of drug-likeness (QED) is 0.761. The number of rotatable bonds is 3. The number of H-pyrrole nitrogens is 1. The maximum Gasteiger partial charge on any atom is 0.331 e. The third kappa shape index (κ3) is 2.04. The van der Waals surface area contributed by atoms with Crippen molar-refractivity contribution in [1.29, 1.82) is 0 Å². The lowest BCUT2D eigenvalue weighted by Crippen LogP contribution is -2.32. The molecule has 2 heterocycles. The zero-order valence-electron chi connectivity index (χ0n) is 9.55. The molecule has 0 unspecified atom stereocenters. The Morgan fingerprint density at radius 1 is 1.50 bits per heavy atom. The van der Waals surface area contributed by atoms with Gasteiger partial charge >= 0.3 is 5.69 Å². The summed E-state index contributed by atoms with van der Waals surface area (Å²) in [7, 11) is 1.73. The summed E-state index contributed by atoms with van der Waals surface area (Å²) in [6, 6.07) is 1.74. The van der Waals surface area contributed by atoms with Crippen LogP contribution in [-0.4, -0.2) is 24.4 Å². The van der Waals surface area contributed by atoms with Crippen LogP contribution in [-0.2, 0) is 20.0 Å². The molecule has 2 N–H and O–H groups in total. The Balaban J connectivity index is 2.31. The number of nitrogens with zero attached hydrogens (tertiary/aromatic N) is 3. The molecule has 2 aromatic heterocycles. The van der Waals surface area contributed by atoms with Crippen LogP contribution in [0.4, 0.5) is 4.39 Å². The molecule has 0 aromatic carbocycles. The van der Waals surface area contributed by atoms with Crippen molar-refractivity contribution in [3.05, 3.63) is 44.6 Å². The summed E-state index contributed by atoms with van der Waals surface area (Å²) in [6.45, 7) is 0.0396. The topological polar surface area (TPSA) is 92.9 Å². The van der Waals surface area contributed by atoms with Crippen molar-refractivity contribution in [1.82, 2.24) is 19.3 Å². The first-order valence-corrected chi connectivity index (χ1v) is 5.19. The van der Waals surface area contributed by atoms with Gasteiger partial charge < -0.3 is 5.11 Å². The Bertz CT molecular complexity index is 685. The molecule has 7 nitrogen and oxygen atoms in total. The molecule has 0 atom stereocenters. The molecule has 96 valence electrons. The van der Waals surface area contributed by atoms with E-state index in [-0.39, 0.29) is 6.54 Å². The van der Waals surface area contributed by atoms with Gasteiger partial charge in [0.05, 0.1) is 0 Å². The lowest BCUT2D eigenvalue weighted by atomic mass is 10.3. The summed E-state index contributed by atoms with van der Waals surface area (Å²) in [5.41, 5.74) is -1.26. The van der Waals surface area contributed by atoms with Crippen molar-refractivity contribution in [2.45, 2.75) is 13.0 Å². The van der Waals surface area contributed by atoms with Crippen LogP contribution < -0.4 is 11.2 Å². The average molecular weight is 254 g/mol. The summed E-state index contributed by atoms with van der Waals surface area (Å²) in [5.74, 6) is -2.31. The average Bonchev–Trinajstić information content (AvgIpc) is 2.72. The first-order valence-electron chi connectivity index (χ1n) is 5.19. The second kappa shape index (κ2) is 4.47. The third-order valence-corrected chi connectivity index (χ3v) is 2.63. The lowest BCUT2D eigenvalue weighted by Gasteiger charge is -2.07. The smallest absolute Gasteiger partial charge is 0.331 e. The van der Waals surface area contributed by atoms with Gasteiger partial charge in [0.25, 0.3) is 5.56 Å². The molecular formula is C10H11FN4O3. The molecule has 0 aliphatic rings. The van der Waals surface area contributed by atoms with E-state index >= 15 is 0 Å². The van der Waals surface area contributed by atoms with E-state index in [1.165, 1.54) is 0 Å². The largest absolute Gasteiger partial charge is 0.492 e. The van der Waals surface area contributed by atoms with Crippen molar-refractivity contribution in [3.8, 4) is 5.88 Å². The van der Waals surface area contributed by atoms with E-state index in [4.69, 9.17) is 0 Å². The monoisotopic (exact) mass is 254 g/mol. The van der Waals surface area contributed by atoms with Crippen molar-refractivity contribution in [2.24, 2.45) is 7.05 Å². The van der Waals surface area contributed by atoms with Crippen molar-refractivity contribution >= 4 is 0 Å². The predicted molar refractivity (Wildman–Crippen MR) is 59.9 cm³/mol. The van der Waals surface area contributed by atoms with Crippen LogP contribution in [0.3, 0.4) is 0 Å². The fourth-order valence-electron chi connectivity index (χ4n) is 1.62. The fraction of sp³-hybridized carbons (Fsp3) is 0.300. The molecule has 0 bridgehead atoms. The van der Waals surface area contributed by atoms with Crippen LogP contribution in [0.1, 0.15) is 5.69 Å². The molecule has 0 fully saturated rings. The minimum absolute atomic E-state index is 0.0396. The van der Waals surface area contributed by atoms with E-state index in [2.05, 4.69) is 5.10 Å². The predicted octanol–water partition coefficient (Wildman–Crippen LogP) is -0.643. The van der Waals surface area contributed by atoms with Crippen molar-refractivity contribution < 1.29 is 9.50 Å². The van der Waals surface area contributed by atoms with Crippen molar-refractivity contribution in [2.75, 3.05) is 0 Å². The van der Waals surface area contributed by atoms with E-state index in [1.54, 1.807) is 29.0 Å². The molecule has 0 aliphatic heterocycles. The highest BCUT2D eigenvalue weighted by molar-refractivity contribution is 5.10. The molecule has 18 heavy (non-hydrogen) atoms. The van der Waals surface area contributed by atoms with Gasteiger partial charge in [0, 0.05) is 31.9 Å². The Labute approximate surface area is 100 Å². The third-order valence-electron chi connectivity index (χ3n) is 2.63. The number of aromatic amines is 1. The van der Waals surface area contributed by atoms with Crippen LogP contribution >= 0.6 is 0 Å². The molecule has 8 heteroatoms. The number of aromatic nitrogens is 4. The van der Waals surface area contributed by atoms with Gasteiger partial charge in [-0.1, -0.05) is 0 Å². The van der Waals surface area contributed by atoms with E-state index in [1.807, 2.05) is 0 Å². The van der Waals surface area contributed by atoms with Gasteiger partial charge in [-0.25, -0.2) is 4.79 Å². The molecule has 0 radical (unpaired) electrons. The Morgan fingerprint density at radius 3 is 2.83 bits per heavy atom. The first kappa shape index (κ1) is 12.1. The number of halogens is 1. The normalized spacial score (nSPS) is 10.8. The van der Waals surface area contributed by atoms with Gasteiger partial charge in [-0.15, -0.1) is 0 Å². The highest BCUT2D eigenvalue weighted by Crippen LogP contribution is 2.08. The van der Waals surface area contributed by atoms with E-state index in [9.17, 15) is 19.1 Å². The second-order valence-corrected chi connectivity index (χ2v) is 3.74. The van der Waals surface area contributed by atoms with Crippen molar-refractivity contribution in [3.63, 3.8) is 0 Å². The zero-order chi connectivity index (χ0) is 13.3. The molecule has 2 rings (SSSR count). The molecule has 2 aromatic rings. The first-order chi connectivity index (χ1) is 8.50. The Kier molecular flexibility index (Phi) is 3.00. The Morgan fingerprint density at radius 2 is 2.22 bits per heavy atom. The molecule has 0 saturated heterocycles.